The van der Waals surface area contributed by atoms with Gasteiger partial charge in [0, 0.05) is 41.4 Å². The molecule has 0 aliphatic rings. The van der Waals surface area contributed by atoms with Gasteiger partial charge in [-0.2, -0.15) is 0 Å². The minimum Gasteiger partial charge on any atom is -0.496 e. The Kier molecular flexibility index (Phi) is 11.8. The number of anilines is 1. The first-order valence-corrected chi connectivity index (χ1v) is 15.7. The molecule has 4 aromatic carbocycles. The first-order chi connectivity index (χ1) is 25.1. The van der Waals surface area contributed by atoms with Gasteiger partial charge in [-0.05, 0) is 65.7 Å². The molecule has 266 valence electrons. The number of halogens is 2. The predicted octanol–water partition coefficient (Wildman–Crippen LogP) is 7.27. The molecule has 14 heteroatoms. The molecule has 0 unspecified atom stereocenters. The molecule has 2 N–H and O–H groups in total. The van der Waals surface area contributed by atoms with Crippen molar-refractivity contribution in [3.8, 4) is 45.5 Å². The topological polar surface area (TPSA) is 158 Å². The number of nitrogens with zero attached hydrogens (tertiary/aromatic N) is 5. The number of nitro benzene ring substituents is 1. The van der Waals surface area contributed by atoms with Gasteiger partial charge in [-0.15, -0.1) is 0 Å². The summed E-state index contributed by atoms with van der Waals surface area (Å²) in [5.74, 6) is -0.223. The van der Waals surface area contributed by atoms with Gasteiger partial charge in [-0.25, -0.2) is 28.7 Å². The molecule has 0 amide bonds. The van der Waals surface area contributed by atoms with Crippen LogP contribution in [0, 0.1) is 21.7 Å². The van der Waals surface area contributed by atoms with E-state index in [0.717, 1.165) is 28.3 Å². The van der Waals surface area contributed by atoms with Gasteiger partial charge in [0.05, 0.1) is 50.4 Å². The van der Waals surface area contributed by atoms with Gasteiger partial charge in [0.15, 0.2) is 17.4 Å². The van der Waals surface area contributed by atoms with Crippen LogP contribution in [-0.2, 0) is 12.8 Å². The molecule has 0 spiro atoms. The molecule has 0 aliphatic carbocycles. The van der Waals surface area contributed by atoms with E-state index in [0.29, 0.717) is 34.7 Å². The molecule has 2 heterocycles. The number of benzene rings is 4. The minimum absolute atomic E-state index is 0.0566. The zero-order valence-corrected chi connectivity index (χ0v) is 28.7. The number of ether oxygens (including phenoxy) is 4. The summed E-state index contributed by atoms with van der Waals surface area (Å²) in [6.07, 6.45) is 3.51. The molecule has 0 radical (unpaired) electrons. The normalized spacial score (nSPS) is 10.5. The van der Waals surface area contributed by atoms with Gasteiger partial charge < -0.3 is 24.7 Å². The number of rotatable bonds is 11. The van der Waals surface area contributed by atoms with Crippen LogP contribution in [0.15, 0.2) is 97.6 Å². The molecule has 2 aromatic heterocycles. The highest BCUT2D eigenvalue weighted by Crippen LogP contribution is 2.33. The van der Waals surface area contributed by atoms with Gasteiger partial charge in [0.25, 0.3) is 0 Å². The monoisotopic (exact) mass is 708 g/mol. The maximum atomic E-state index is 14.1. The van der Waals surface area contributed by atoms with E-state index in [4.69, 9.17) is 24.7 Å². The van der Waals surface area contributed by atoms with E-state index in [1.165, 1.54) is 45.1 Å². The maximum absolute atomic E-state index is 14.1. The van der Waals surface area contributed by atoms with Gasteiger partial charge in [-0.1, -0.05) is 24.3 Å². The summed E-state index contributed by atoms with van der Waals surface area (Å²) in [5.41, 5.74) is 11.2. The fraction of sp³-hybridized carbons (Fsp3) is 0.158. The summed E-state index contributed by atoms with van der Waals surface area (Å²) in [4.78, 5) is 27.5. The number of nitrogens with two attached hydrogens (primary N) is 1. The molecule has 0 saturated heterocycles. The molecule has 0 bridgehead atoms. The van der Waals surface area contributed by atoms with Gasteiger partial charge >= 0.3 is 5.69 Å². The maximum Gasteiger partial charge on any atom is 0.314 e. The second kappa shape index (κ2) is 16.8. The Bertz CT molecular complexity index is 2180. The Hall–Kier alpha value is -6.70. The quantitative estimate of drug-likeness (QED) is 0.0820. The highest BCUT2D eigenvalue weighted by atomic mass is 19.1. The van der Waals surface area contributed by atoms with Crippen molar-refractivity contribution in [3.63, 3.8) is 0 Å². The van der Waals surface area contributed by atoms with Crippen LogP contribution in [0.2, 0.25) is 0 Å². The van der Waals surface area contributed by atoms with E-state index in [1.807, 2.05) is 54.6 Å². The lowest BCUT2D eigenvalue weighted by Gasteiger charge is -2.10. The van der Waals surface area contributed by atoms with Gasteiger partial charge in [0.1, 0.15) is 24.2 Å². The molecule has 6 rings (SSSR count). The fourth-order valence-electron chi connectivity index (χ4n) is 5.48. The van der Waals surface area contributed by atoms with Crippen molar-refractivity contribution in [2.45, 2.75) is 12.8 Å². The fourth-order valence-corrected chi connectivity index (χ4v) is 5.48. The lowest BCUT2D eigenvalue weighted by atomic mass is 10.1. The van der Waals surface area contributed by atoms with Crippen molar-refractivity contribution < 1.29 is 32.7 Å². The number of hydrogen-bond donors (Lipinski definition) is 1. The van der Waals surface area contributed by atoms with Crippen LogP contribution >= 0.6 is 0 Å². The van der Waals surface area contributed by atoms with E-state index in [-0.39, 0.29) is 23.6 Å². The molecule has 0 atom stereocenters. The number of hydrogen-bond acceptors (Lipinski definition) is 11. The molecular weight excluding hydrogens is 674 g/mol. The summed E-state index contributed by atoms with van der Waals surface area (Å²) in [6, 6.07) is 24.2. The standard InChI is InChI=1S/C19H16FN3O4.C19H18FN3O2/c1-26-18-6-4-3-5-14(18)16-10-13(21-11-22-16)7-12-8-15(20)19(27-2)17(9-12)23(24)25;1-24-18-6-4-3-5-14(18)17-10-13(22-11-23-17)7-12-8-15(20)19(25-2)16(21)9-12/h3-6,8-11H,7H2,1-2H3;3-6,8-11H,7,21H2,1-2H3. The summed E-state index contributed by atoms with van der Waals surface area (Å²) in [6.45, 7) is 0. The number of methoxy groups -OCH3 is 4. The zero-order chi connectivity index (χ0) is 37.2. The van der Waals surface area contributed by atoms with Crippen LogP contribution in [0.5, 0.6) is 23.0 Å². The van der Waals surface area contributed by atoms with Crippen LogP contribution < -0.4 is 24.7 Å². The van der Waals surface area contributed by atoms with Crippen LogP contribution in [0.25, 0.3) is 22.5 Å². The van der Waals surface area contributed by atoms with Crippen molar-refractivity contribution in [3.05, 3.63) is 142 Å². The Morgan fingerprint density at radius 3 is 1.54 bits per heavy atom. The van der Waals surface area contributed by atoms with Crippen LogP contribution in [-0.4, -0.2) is 53.3 Å². The second-order valence-corrected chi connectivity index (χ2v) is 11.1. The number of para-hydroxylation sites is 2. The highest BCUT2D eigenvalue weighted by molar-refractivity contribution is 5.68. The number of nitro groups is 1. The highest BCUT2D eigenvalue weighted by Gasteiger charge is 2.21. The van der Waals surface area contributed by atoms with Crippen molar-refractivity contribution in [1.82, 2.24) is 19.9 Å². The summed E-state index contributed by atoms with van der Waals surface area (Å²) in [5, 5.41) is 11.2. The second-order valence-electron chi connectivity index (χ2n) is 11.1. The SMILES string of the molecule is COc1ccccc1-c1cc(Cc2cc(F)c(OC)c([N+](=O)[O-])c2)ncn1.COc1ccccc1-c1cc(Cc2cc(N)c(OC)c(F)c2)ncn1. The lowest BCUT2D eigenvalue weighted by molar-refractivity contribution is -0.386. The van der Waals surface area contributed by atoms with E-state index < -0.39 is 22.2 Å². The third-order valence-electron chi connectivity index (χ3n) is 7.80. The summed E-state index contributed by atoms with van der Waals surface area (Å²) >= 11 is 0. The van der Waals surface area contributed by atoms with Crippen LogP contribution in [0.1, 0.15) is 22.5 Å². The Morgan fingerprint density at radius 1 is 0.635 bits per heavy atom. The molecule has 0 aliphatic heterocycles. The third-order valence-corrected chi connectivity index (χ3v) is 7.80. The Labute approximate surface area is 298 Å². The molecule has 12 nitrogen and oxygen atoms in total. The predicted molar refractivity (Wildman–Crippen MR) is 191 cm³/mol. The smallest absolute Gasteiger partial charge is 0.314 e. The molecule has 52 heavy (non-hydrogen) atoms. The Balaban J connectivity index is 0.000000202. The Morgan fingerprint density at radius 2 is 1.10 bits per heavy atom. The van der Waals surface area contributed by atoms with E-state index in [9.17, 15) is 18.9 Å². The first-order valence-electron chi connectivity index (χ1n) is 15.7. The van der Waals surface area contributed by atoms with E-state index in [2.05, 4.69) is 19.9 Å². The van der Waals surface area contributed by atoms with Crippen molar-refractivity contribution >= 4 is 11.4 Å². The molecule has 6 aromatic rings. The van der Waals surface area contributed by atoms with Gasteiger partial charge in [0.2, 0.25) is 5.75 Å². The average molecular weight is 709 g/mol. The van der Waals surface area contributed by atoms with Crippen molar-refractivity contribution in [2.24, 2.45) is 0 Å². The average Bonchev–Trinajstić information content (AvgIpc) is 3.15. The van der Waals surface area contributed by atoms with Gasteiger partial charge in [-0.3, -0.25) is 10.1 Å². The first kappa shape index (κ1) is 36.6. The van der Waals surface area contributed by atoms with Crippen molar-refractivity contribution in [1.29, 1.82) is 0 Å². The largest absolute Gasteiger partial charge is 0.496 e. The van der Waals surface area contributed by atoms with Crippen LogP contribution in [0.3, 0.4) is 0 Å². The van der Waals surface area contributed by atoms with Crippen LogP contribution in [0.4, 0.5) is 20.2 Å². The van der Waals surface area contributed by atoms with E-state index >= 15 is 0 Å². The number of nitrogen functional groups attached to an aromatic ring is 1. The third kappa shape index (κ3) is 8.53. The summed E-state index contributed by atoms with van der Waals surface area (Å²) < 4.78 is 48.6. The van der Waals surface area contributed by atoms with Crippen molar-refractivity contribution in [2.75, 3.05) is 34.2 Å². The lowest BCUT2D eigenvalue weighted by Crippen LogP contribution is -2.01. The minimum atomic E-state index is -0.791. The summed E-state index contributed by atoms with van der Waals surface area (Å²) in [7, 11) is 5.76. The zero-order valence-electron chi connectivity index (χ0n) is 28.7. The molecule has 0 saturated carbocycles. The molecular formula is C38H34F2N6O6. The molecule has 0 fully saturated rings. The van der Waals surface area contributed by atoms with E-state index in [1.54, 1.807) is 26.4 Å². The number of aromatic nitrogens is 4.